The Kier molecular flexibility index (Phi) is 7.46. The van der Waals surface area contributed by atoms with E-state index in [0.29, 0.717) is 42.5 Å². The minimum absolute atomic E-state index is 0.0780. The number of amides is 1. The maximum atomic E-state index is 13.1. The molecule has 1 heterocycles. The Morgan fingerprint density at radius 3 is 2.45 bits per heavy atom. The molecule has 1 aliphatic rings. The standard InChI is InChI=1S/C22H27ClN2O5S/c1-24(14-16-6-11-20(29-2)21(13-16)30-3)22(26)17-5-4-12-25(15-17)31(27,28)19-9-7-18(23)8-10-19/h6-11,13,17H,4-5,12,14-15H2,1-3H3. The molecule has 3 rings (SSSR count). The topological polar surface area (TPSA) is 76.2 Å². The Morgan fingerprint density at radius 2 is 1.81 bits per heavy atom. The van der Waals surface area contributed by atoms with Crippen molar-refractivity contribution in [3.63, 3.8) is 0 Å². The van der Waals surface area contributed by atoms with E-state index in [1.165, 1.54) is 16.4 Å². The molecule has 2 aromatic rings. The molecule has 0 bridgehead atoms. The number of piperidine rings is 1. The summed E-state index contributed by atoms with van der Waals surface area (Å²) in [6.07, 6.45) is 1.29. The van der Waals surface area contributed by atoms with Gasteiger partial charge in [-0.25, -0.2) is 8.42 Å². The van der Waals surface area contributed by atoms with Crippen molar-refractivity contribution >= 4 is 27.5 Å². The molecule has 0 spiro atoms. The Labute approximate surface area is 188 Å². The average Bonchev–Trinajstić information content (AvgIpc) is 2.78. The van der Waals surface area contributed by atoms with Crippen LogP contribution < -0.4 is 9.47 Å². The molecule has 31 heavy (non-hydrogen) atoms. The first kappa shape index (κ1) is 23.4. The van der Waals surface area contributed by atoms with Crippen LogP contribution in [-0.4, -0.2) is 57.9 Å². The maximum Gasteiger partial charge on any atom is 0.243 e. The largest absolute Gasteiger partial charge is 0.493 e. The van der Waals surface area contributed by atoms with Crippen LogP contribution in [0.4, 0.5) is 0 Å². The minimum Gasteiger partial charge on any atom is -0.493 e. The molecular weight excluding hydrogens is 440 g/mol. The van der Waals surface area contributed by atoms with E-state index in [0.717, 1.165) is 5.56 Å². The van der Waals surface area contributed by atoms with Gasteiger partial charge in [0.15, 0.2) is 11.5 Å². The van der Waals surface area contributed by atoms with Gasteiger partial charge < -0.3 is 14.4 Å². The van der Waals surface area contributed by atoms with E-state index in [2.05, 4.69) is 0 Å². The van der Waals surface area contributed by atoms with Crippen molar-refractivity contribution in [2.24, 2.45) is 5.92 Å². The zero-order valence-electron chi connectivity index (χ0n) is 17.9. The zero-order chi connectivity index (χ0) is 22.6. The smallest absolute Gasteiger partial charge is 0.243 e. The summed E-state index contributed by atoms with van der Waals surface area (Å²) in [5.74, 6) is 0.751. The van der Waals surface area contributed by atoms with Crippen LogP contribution in [0.5, 0.6) is 11.5 Å². The van der Waals surface area contributed by atoms with Crippen molar-refractivity contribution < 1.29 is 22.7 Å². The number of ether oxygens (including phenoxy) is 2. The number of nitrogens with zero attached hydrogens (tertiary/aromatic N) is 2. The Bertz CT molecular complexity index is 1030. The highest BCUT2D eigenvalue weighted by atomic mass is 35.5. The first-order valence-electron chi connectivity index (χ1n) is 9.98. The number of carbonyl (C=O) groups excluding carboxylic acids is 1. The summed E-state index contributed by atoms with van der Waals surface area (Å²) < 4.78 is 38.0. The summed E-state index contributed by atoms with van der Waals surface area (Å²) >= 11 is 5.88. The molecule has 1 atom stereocenters. The molecule has 0 N–H and O–H groups in total. The summed E-state index contributed by atoms with van der Waals surface area (Å²) in [7, 11) is 1.19. The van der Waals surface area contributed by atoms with Gasteiger partial charge in [0, 0.05) is 31.7 Å². The first-order valence-corrected chi connectivity index (χ1v) is 11.8. The summed E-state index contributed by atoms with van der Waals surface area (Å²) in [5.41, 5.74) is 0.898. The predicted octanol–water partition coefficient (Wildman–Crippen LogP) is 3.42. The van der Waals surface area contributed by atoms with Crippen molar-refractivity contribution in [2.75, 3.05) is 34.4 Å². The molecule has 0 saturated carbocycles. The van der Waals surface area contributed by atoms with Gasteiger partial charge in [0.2, 0.25) is 15.9 Å². The van der Waals surface area contributed by atoms with E-state index >= 15 is 0 Å². The lowest BCUT2D eigenvalue weighted by molar-refractivity contribution is -0.135. The minimum atomic E-state index is -3.67. The van der Waals surface area contributed by atoms with Gasteiger partial charge in [-0.05, 0) is 54.8 Å². The Morgan fingerprint density at radius 1 is 1.13 bits per heavy atom. The lowest BCUT2D eigenvalue weighted by Crippen LogP contribution is -2.45. The van der Waals surface area contributed by atoms with E-state index in [-0.39, 0.29) is 23.3 Å². The van der Waals surface area contributed by atoms with Crippen LogP contribution in [0.3, 0.4) is 0 Å². The van der Waals surface area contributed by atoms with Crippen LogP contribution in [-0.2, 0) is 21.4 Å². The van der Waals surface area contributed by atoms with Crippen LogP contribution in [0, 0.1) is 5.92 Å². The zero-order valence-corrected chi connectivity index (χ0v) is 19.4. The van der Waals surface area contributed by atoms with Crippen LogP contribution in [0.1, 0.15) is 18.4 Å². The van der Waals surface area contributed by atoms with Crippen molar-refractivity contribution in [3.8, 4) is 11.5 Å². The average molecular weight is 467 g/mol. The van der Waals surface area contributed by atoms with Gasteiger partial charge in [0.05, 0.1) is 25.0 Å². The monoisotopic (exact) mass is 466 g/mol. The molecule has 1 amide bonds. The van der Waals surface area contributed by atoms with E-state index in [9.17, 15) is 13.2 Å². The van der Waals surface area contributed by atoms with Gasteiger partial charge in [0.1, 0.15) is 0 Å². The molecule has 7 nitrogen and oxygen atoms in total. The van der Waals surface area contributed by atoms with Crippen LogP contribution in [0.2, 0.25) is 5.02 Å². The Hall–Kier alpha value is -2.29. The fourth-order valence-corrected chi connectivity index (χ4v) is 5.41. The van der Waals surface area contributed by atoms with Gasteiger partial charge in [-0.2, -0.15) is 4.31 Å². The molecule has 1 fully saturated rings. The highest BCUT2D eigenvalue weighted by Crippen LogP contribution is 2.29. The number of carbonyl (C=O) groups is 1. The summed E-state index contributed by atoms with van der Waals surface area (Å²) in [5, 5.41) is 0.474. The normalized spacial score (nSPS) is 17.2. The number of rotatable bonds is 7. The van der Waals surface area contributed by atoms with Gasteiger partial charge in [-0.1, -0.05) is 17.7 Å². The first-order chi connectivity index (χ1) is 14.8. The van der Waals surface area contributed by atoms with E-state index < -0.39 is 10.0 Å². The molecule has 1 unspecified atom stereocenters. The molecule has 1 aliphatic heterocycles. The SMILES string of the molecule is COc1ccc(CN(C)C(=O)C2CCCN(S(=O)(=O)c3ccc(Cl)cc3)C2)cc1OC. The third-order valence-corrected chi connectivity index (χ3v) is 7.56. The maximum absolute atomic E-state index is 13.1. The lowest BCUT2D eigenvalue weighted by atomic mass is 9.98. The summed E-state index contributed by atoms with van der Waals surface area (Å²) in [4.78, 5) is 14.9. The second kappa shape index (κ2) is 9.89. The quantitative estimate of drug-likeness (QED) is 0.625. The summed E-state index contributed by atoms with van der Waals surface area (Å²) in [6.45, 7) is 0.952. The van der Waals surface area contributed by atoms with Crippen molar-refractivity contribution in [3.05, 3.63) is 53.1 Å². The van der Waals surface area contributed by atoms with Gasteiger partial charge in [-0.15, -0.1) is 0 Å². The second-order valence-electron chi connectivity index (χ2n) is 7.54. The molecule has 0 aromatic heterocycles. The molecule has 9 heteroatoms. The molecule has 168 valence electrons. The molecule has 2 aromatic carbocycles. The van der Waals surface area contributed by atoms with E-state index in [1.807, 2.05) is 12.1 Å². The highest BCUT2D eigenvalue weighted by molar-refractivity contribution is 7.89. The van der Waals surface area contributed by atoms with Crippen LogP contribution in [0.15, 0.2) is 47.4 Å². The Balaban J connectivity index is 1.69. The van der Waals surface area contributed by atoms with Gasteiger partial charge in [-0.3, -0.25) is 4.79 Å². The van der Waals surface area contributed by atoms with E-state index in [4.69, 9.17) is 21.1 Å². The fourth-order valence-electron chi connectivity index (χ4n) is 3.76. The van der Waals surface area contributed by atoms with E-state index in [1.54, 1.807) is 44.4 Å². The number of hydrogen-bond donors (Lipinski definition) is 0. The molecule has 1 saturated heterocycles. The molecule has 0 aliphatic carbocycles. The van der Waals surface area contributed by atoms with Crippen molar-refractivity contribution in [2.45, 2.75) is 24.3 Å². The molecular formula is C22H27ClN2O5S. The van der Waals surface area contributed by atoms with Crippen molar-refractivity contribution in [1.29, 1.82) is 0 Å². The number of halogens is 1. The number of sulfonamides is 1. The number of benzene rings is 2. The number of methoxy groups -OCH3 is 2. The third-order valence-electron chi connectivity index (χ3n) is 5.43. The number of hydrogen-bond acceptors (Lipinski definition) is 5. The third kappa shape index (κ3) is 5.31. The predicted molar refractivity (Wildman–Crippen MR) is 119 cm³/mol. The van der Waals surface area contributed by atoms with Crippen LogP contribution in [0.25, 0.3) is 0 Å². The fraction of sp³-hybridized carbons (Fsp3) is 0.409. The second-order valence-corrected chi connectivity index (χ2v) is 9.91. The van der Waals surface area contributed by atoms with Crippen molar-refractivity contribution in [1.82, 2.24) is 9.21 Å². The van der Waals surface area contributed by atoms with Gasteiger partial charge >= 0.3 is 0 Å². The molecule has 0 radical (unpaired) electrons. The highest BCUT2D eigenvalue weighted by Gasteiger charge is 2.34. The van der Waals surface area contributed by atoms with Gasteiger partial charge in [0.25, 0.3) is 0 Å². The summed E-state index contributed by atoms with van der Waals surface area (Å²) in [6, 6.07) is 11.6. The lowest BCUT2D eigenvalue weighted by Gasteiger charge is -2.33. The van der Waals surface area contributed by atoms with Crippen LogP contribution >= 0.6 is 11.6 Å².